The van der Waals surface area contributed by atoms with Crippen LogP contribution in [0.15, 0.2) is 132 Å². The predicted octanol–water partition coefficient (Wildman–Crippen LogP) is 5.47. The lowest BCUT2D eigenvalue weighted by Gasteiger charge is -2.16. The Bertz CT molecular complexity index is 1700. The zero-order valence-corrected chi connectivity index (χ0v) is 27.3. The Balaban J connectivity index is 1.21. The highest BCUT2D eigenvalue weighted by atomic mass is 16.5. The second-order valence-electron chi connectivity index (χ2n) is 10.5. The number of carbonyl (C=O) groups is 2. The summed E-state index contributed by atoms with van der Waals surface area (Å²) in [4.78, 5) is 33.7. The number of hydrogen-bond acceptors (Lipinski definition) is 7. The molecule has 12 nitrogen and oxygen atoms in total. The maximum absolute atomic E-state index is 12.6. The van der Waals surface area contributed by atoms with Gasteiger partial charge in [0.25, 0.3) is 11.8 Å². The Kier molecular flexibility index (Phi) is 14.4. The molecule has 0 radical (unpaired) electrons. The molecule has 0 spiro atoms. The van der Waals surface area contributed by atoms with E-state index in [0.29, 0.717) is 79.6 Å². The second kappa shape index (κ2) is 19.6. The lowest BCUT2D eigenvalue weighted by atomic mass is 10.2. The van der Waals surface area contributed by atoms with Gasteiger partial charge in [-0.25, -0.2) is 4.99 Å². The van der Waals surface area contributed by atoms with Gasteiger partial charge in [0.2, 0.25) is 5.96 Å². The van der Waals surface area contributed by atoms with Crippen molar-refractivity contribution in [2.45, 2.75) is 6.92 Å². The van der Waals surface area contributed by atoms with Crippen molar-refractivity contribution < 1.29 is 24.2 Å². The molecule has 12 heteroatoms. The molecule has 4 aromatic carbocycles. The number of nitrogens with one attached hydrogen (secondary N) is 5. The molecule has 4 aromatic rings. The fraction of sp³-hybridized carbons (Fsp3) is 0.189. The van der Waals surface area contributed by atoms with Gasteiger partial charge in [0.15, 0.2) is 0 Å². The van der Waals surface area contributed by atoms with Crippen LogP contribution in [0.3, 0.4) is 0 Å². The van der Waals surface area contributed by atoms with E-state index < -0.39 is 0 Å². The van der Waals surface area contributed by atoms with Crippen molar-refractivity contribution in [2.24, 2.45) is 9.98 Å². The standard InChI is InChI=1S/C37H41N7O5/c1-27(38-21-23-48-25-26-49-24-22-39-35(46)29-9-5-3-6-10-29)41-37(44-33-17-19-34(45)20-18-33)42-28(2)40-32-15-13-30(14-16-32)36(47)43-31-11-7-4-8-12-31/h3-20,40,45H,2,21-26H2,1H3,(H,39,46)(H,43,47)(H2,38,41,42,44). The molecule has 0 atom stereocenters. The Morgan fingerprint density at radius 1 is 0.673 bits per heavy atom. The molecule has 0 aliphatic heterocycles. The van der Waals surface area contributed by atoms with Crippen LogP contribution in [0.25, 0.3) is 0 Å². The summed E-state index contributed by atoms with van der Waals surface area (Å²) in [7, 11) is 0. The lowest BCUT2D eigenvalue weighted by Crippen LogP contribution is -2.33. The zero-order valence-electron chi connectivity index (χ0n) is 27.3. The van der Waals surface area contributed by atoms with Crippen LogP contribution in [0, 0.1) is 0 Å². The van der Waals surface area contributed by atoms with Crippen molar-refractivity contribution in [2.75, 3.05) is 55.5 Å². The maximum Gasteiger partial charge on any atom is 0.255 e. The maximum atomic E-state index is 12.6. The first kappa shape index (κ1) is 35.9. The molecule has 0 saturated heterocycles. The van der Waals surface area contributed by atoms with Crippen molar-refractivity contribution in [3.05, 3.63) is 133 Å². The lowest BCUT2D eigenvalue weighted by molar-refractivity contribution is 0.0512. The molecular weight excluding hydrogens is 622 g/mol. The molecule has 6 N–H and O–H groups in total. The van der Waals surface area contributed by atoms with Crippen molar-refractivity contribution in [1.82, 2.24) is 10.6 Å². The average Bonchev–Trinajstić information content (AvgIpc) is 3.11. The van der Waals surface area contributed by atoms with Crippen LogP contribution in [0.2, 0.25) is 0 Å². The molecule has 0 aliphatic carbocycles. The van der Waals surface area contributed by atoms with Gasteiger partial charge < -0.3 is 41.2 Å². The summed E-state index contributed by atoms with van der Waals surface area (Å²) in [5.74, 6) is 1.05. The number of anilines is 3. The number of phenols is 1. The first-order chi connectivity index (χ1) is 23.9. The molecule has 0 heterocycles. The van der Waals surface area contributed by atoms with Gasteiger partial charge in [-0.3, -0.25) is 14.6 Å². The average molecular weight is 664 g/mol. The normalized spacial score (nSPS) is 11.4. The summed E-state index contributed by atoms with van der Waals surface area (Å²) in [6.07, 6.45) is 0. The topological polar surface area (TPSA) is 158 Å². The summed E-state index contributed by atoms with van der Waals surface area (Å²) in [5.41, 5.74) is 3.23. The third kappa shape index (κ3) is 13.3. The summed E-state index contributed by atoms with van der Waals surface area (Å²) < 4.78 is 11.1. The SMILES string of the molecule is C=C(NC(=NC(C)=NCCOCCOCCNC(=O)c1ccccc1)Nc1ccc(O)cc1)Nc1ccc(C(=O)Nc2ccccc2)cc1. The minimum Gasteiger partial charge on any atom is -0.508 e. The molecule has 0 unspecified atom stereocenters. The number of hydrogen-bond donors (Lipinski definition) is 6. The number of amides is 2. The van der Waals surface area contributed by atoms with Crippen LogP contribution in [0.1, 0.15) is 27.6 Å². The molecule has 0 aromatic heterocycles. The van der Waals surface area contributed by atoms with Crippen LogP contribution >= 0.6 is 0 Å². The van der Waals surface area contributed by atoms with Crippen molar-refractivity contribution in [3.63, 3.8) is 0 Å². The molecule has 254 valence electrons. The van der Waals surface area contributed by atoms with Crippen molar-refractivity contribution in [3.8, 4) is 5.75 Å². The number of benzene rings is 4. The number of guanidine groups is 1. The molecule has 0 fully saturated rings. The van der Waals surface area contributed by atoms with Crippen molar-refractivity contribution >= 4 is 40.7 Å². The van der Waals surface area contributed by atoms with E-state index >= 15 is 0 Å². The minimum atomic E-state index is -0.211. The smallest absolute Gasteiger partial charge is 0.255 e. The van der Waals surface area contributed by atoms with E-state index in [-0.39, 0.29) is 17.6 Å². The quantitative estimate of drug-likeness (QED) is 0.0399. The van der Waals surface area contributed by atoms with E-state index in [0.717, 1.165) is 5.69 Å². The second-order valence-corrected chi connectivity index (χ2v) is 10.5. The van der Waals surface area contributed by atoms with Gasteiger partial charge >= 0.3 is 0 Å². The van der Waals surface area contributed by atoms with Crippen LogP contribution in [0.4, 0.5) is 17.1 Å². The number of aromatic hydroxyl groups is 1. The van der Waals surface area contributed by atoms with Crippen molar-refractivity contribution in [1.29, 1.82) is 0 Å². The van der Waals surface area contributed by atoms with E-state index in [1.165, 1.54) is 0 Å². The van der Waals surface area contributed by atoms with E-state index in [1.807, 2.05) is 48.5 Å². The number of para-hydroxylation sites is 1. The van der Waals surface area contributed by atoms with Crippen LogP contribution in [0.5, 0.6) is 5.75 Å². The van der Waals surface area contributed by atoms with E-state index in [9.17, 15) is 14.7 Å². The summed E-state index contributed by atoms with van der Waals surface area (Å²) in [5, 5.41) is 24.8. The highest BCUT2D eigenvalue weighted by Gasteiger charge is 2.08. The molecule has 0 aliphatic rings. The van der Waals surface area contributed by atoms with Gasteiger partial charge in [0, 0.05) is 34.7 Å². The van der Waals surface area contributed by atoms with Gasteiger partial charge in [-0.15, -0.1) is 0 Å². The number of nitrogens with zero attached hydrogens (tertiary/aromatic N) is 2. The molecule has 0 saturated carbocycles. The van der Waals surface area contributed by atoms with Crippen LogP contribution < -0.4 is 26.6 Å². The Hall–Kier alpha value is -5.98. The van der Waals surface area contributed by atoms with E-state index in [1.54, 1.807) is 67.6 Å². The monoisotopic (exact) mass is 663 g/mol. The number of ether oxygens (including phenoxy) is 2. The third-order valence-electron chi connectivity index (χ3n) is 6.66. The molecule has 0 bridgehead atoms. The molecular formula is C37H41N7O5. The summed E-state index contributed by atoms with van der Waals surface area (Å²) in [6, 6.07) is 31.8. The zero-order chi connectivity index (χ0) is 34.7. The number of phenolic OH excluding ortho intramolecular Hbond substituents is 1. The Morgan fingerprint density at radius 3 is 1.94 bits per heavy atom. The van der Waals surface area contributed by atoms with Gasteiger partial charge in [-0.05, 0) is 79.7 Å². The number of aliphatic imine (C=N–C) groups is 2. The molecule has 2 amide bonds. The van der Waals surface area contributed by atoms with Crippen LogP contribution in [-0.4, -0.2) is 68.2 Å². The number of rotatable bonds is 16. The first-order valence-electron chi connectivity index (χ1n) is 15.7. The van der Waals surface area contributed by atoms with E-state index in [2.05, 4.69) is 43.1 Å². The van der Waals surface area contributed by atoms with Gasteiger partial charge in [-0.2, -0.15) is 0 Å². The minimum absolute atomic E-state index is 0.134. The van der Waals surface area contributed by atoms with Gasteiger partial charge in [0.1, 0.15) is 17.4 Å². The Labute approximate surface area is 286 Å². The molecule has 49 heavy (non-hydrogen) atoms. The summed E-state index contributed by atoms with van der Waals surface area (Å²) >= 11 is 0. The first-order valence-corrected chi connectivity index (χ1v) is 15.7. The van der Waals surface area contributed by atoms with Crippen LogP contribution in [-0.2, 0) is 9.47 Å². The number of amidine groups is 1. The molecule has 4 rings (SSSR count). The van der Waals surface area contributed by atoms with Gasteiger partial charge in [-0.1, -0.05) is 43.0 Å². The van der Waals surface area contributed by atoms with E-state index in [4.69, 9.17) is 9.47 Å². The highest BCUT2D eigenvalue weighted by Crippen LogP contribution is 2.15. The summed E-state index contributed by atoms with van der Waals surface area (Å²) in [6.45, 7) is 8.17. The van der Waals surface area contributed by atoms with Gasteiger partial charge in [0.05, 0.1) is 33.0 Å². The fourth-order valence-electron chi connectivity index (χ4n) is 4.27. The Morgan fingerprint density at radius 2 is 1.24 bits per heavy atom. The largest absolute Gasteiger partial charge is 0.508 e. The highest BCUT2D eigenvalue weighted by molar-refractivity contribution is 6.04. The predicted molar refractivity (Wildman–Crippen MR) is 194 cm³/mol. The fourth-order valence-corrected chi connectivity index (χ4v) is 4.27. The third-order valence-corrected chi connectivity index (χ3v) is 6.66. The number of carbonyl (C=O) groups excluding carboxylic acids is 2.